The number of aromatic nitrogens is 2. The van der Waals surface area contributed by atoms with Gasteiger partial charge in [-0.1, -0.05) is 6.58 Å². The molecule has 0 aliphatic rings. The van der Waals surface area contributed by atoms with Gasteiger partial charge in [-0.2, -0.15) is 0 Å². The van der Waals surface area contributed by atoms with Gasteiger partial charge in [-0.15, -0.1) is 0 Å². The van der Waals surface area contributed by atoms with Gasteiger partial charge in [-0.05, 0) is 30.7 Å². The van der Waals surface area contributed by atoms with Crippen molar-refractivity contribution >= 4 is 22.9 Å². The van der Waals surface area contributed by atoms with E-state index in [1.165, 1.54) is 13.3 Å². The average Bonchev–Trinajstić information content (AvgIpc) is 2.28. The van der Waals surface area contributed by atoms with Crippen molar-refractivity contribution < 1.29 is 9.53 Å². The summed E-state index contributed by atoms with van der Waals surface area (Å²) in [6, 6.07) is 3.63. The van der Waals surface area contributed by atoms with Crippen molar-refractivity contribution in [2.75, 3.05) is 0 Å². The van der Waals surface area contributed by atoms with E-state index in [0.29, 0.717) is 5.75 Å². The summed E-state index contributed by atoms with van der Waals surface area (Å²) in [5.41, 5.74) is 2.40. The molecule has 2 rings (SSSR count). The fourth-order valence-corrected chi connectivity index (χ4v) is 1.64. The van der Waals surface area contributed by atoms with E-state index < -0.39 is 0 Å². The van der Waals surface area contributed by atoms with E-state index in [1.54, 1.807) is 12.1 Å². The van der Waals surface area contributed by atoms with Gasteiger partial charge in [0.2, 0.25) is 0 Å². The first-order valence-electron chi connectivity index (χ1n) is 5.18. The third-order valence-electron chi connectivity index (χ3n) is 2.41. The summed E-state index contributed by atoms with van der Waals surface area (Å²) in [7, 11) is 0. The summed E-state index contributed by atoms with van der Waals surface area (Å²) in [6.45, 7) is 6.94. The molecule has 0 radical (unpaired) electrons. The van der Waals surface area contributed by atoms with Crippen molar-refractivity contribution in [3.05, 3.63) is 36.3 Å². The highest BCUT2D eigenvalue weighted by molar-refractivity contribution is 5.88. The molecule has 0 fully saturated rings. The first-order chi connectivity index (χ1) is 8.11. The van der Waals surface area contributed by atoms with Gasteiger partial charge in [0.05, 0.1) is 11.2 Å². The van der Waals surface area contributed by atoms with Crippen molar-refractivity contribution in [2.24, 2.45) is 0 Å². The highest BCUT2D eigenvalue weighted by Gasteiger charge is 2.08. The molecule has 0 atom stereocenters. The van der Waals surface area contributed by atoms with E-state index in [0.717, 1.165) is 22.2 Å². The number of hydrogen-bond acceptors (Lipinski definition) is 4. The van der Waals surface area contributed by atoms with Gasteiger partial charge >= 0.3 is 5.97 Å². The van der Waals surface area contributed by atoms with Crippen molar-refractivity contribution in [3.63, 3.8) is 0 Å². The van der Waals surface area contributed by atoms with Crippen LogP contribution in [0.2, 0.25) is 0 Å². The second kappa shape index (κ2) is 4.33. The molecule has 0 amide bonds. The molecule has 0 saturated carbocycles. The Kier molecular flexibility index (Phi) is 2.87. The lowest BCUT2D eigenvalue weighted by Crippen LogP contribution is -2.03. The largest absolute Gasteiger partial charge is 0.426 e. The molecule has 0 spiro atoms. The molecule has 1 aromatic carbocycles. The quantitative estimate of drug-likeness (QED) is 0.585. The number of nitrogens with zero attached hydrogens (tertiary/aromatic N) is 2. The van der Waals surface area contributed by atoms with Gasteiger partial charge in [0.25, 0.3) is 0 Å². The van der Waals surface area contributed by atoms with Crippen LogP contribution < -0.4 is 4.74 Å². The van der Waals surface area contributed by atoms with Crippen LogP contribution in [0.25, 0.3) is 17.0 Å². The smallest absolute Gasteiger partial charge is 0.308 e. The van der Waals surface area contributed by atoms with Crippen LogP contribution in [-0.2, 0) is 4.79 Å². The van der Waals surface area contributed by atoms with E-state index >= 15 is 0 Å². The highest BCUT2D eigenvalue weighted by Crippen LogP contribution is 2.26. The zero-order chi connectivity index (χ0) is 12.4. The Bertz CT molecular complexity index is 606. The maximum atomic E-state index is 11.0. The lowest BCUT2D eigenvalue weighted by atomic mass is 10.1. The Labute approximate surface area is 99.0 Å². The number of esters is 1. The SMILES string of the molecule is C=Cc1ncnc2cc(C)c(OC(C)=O)cc12. The summed E-state index contributed by atoms with van der Waals surface area (Å²) in [5.74, 6) is 0.187. The summed E-state index contributed by atoms with van der Waals surface area (Å²) in [5, 5.41) is 0.823. The van der Waals surface area contributed by atoms with Crippen LogP contribution in [-0.4, -0.2) is 15.9 Å². The zero-order valence-electron chi connectivity index (χ0n) is 9.73. The molecular formula is C13H12N2O2. The number of fused-ring (bicyclic) bond motifs is 1. The summed E-state index contributed by atoms with van der Waals surface area (Å²) in [6.07, 6.45) is 3.14. The number of carbonyl (C=O) groups is 1. The van der Waals surface area contributed by atoms with E-state index in [4.69, 9.17) is 4.74 Å². The van der Waals surface area contributed by atoms with Crippen LogP contribution in [0.1, 0.15) is 18.2 Å². The third kappa shape index (κ3) is 2.15. The molecule has 0 bridgehead atoms. The lowest BCUT2D eigenvalue weighted by molar-refractivity contribution is -0.131. The molecule has 1 heterocycles. The van der Waals surface area contributed by atoms with Crippen LogP contribution in [0.15, 0.2) is 25.0 Å². The molecular weight excluding hydrogens is 216 g/mol. The fraction of sp³-hybridized carbons (Fsp3) is 0.154. The Morgan fingerprint density at radius 1 is 1.41 bits per heavy atom. The number of aryl methyl sites for hydroxylation is 1. The average molecular weight is 228 g/mol. The second-order valence-corrected chi connectivity index (χ2v) is 3.69. The maximum Gasteiger partial charge on any atom is 0.308 e. The molecule has 4 nitrogen and oxygen atoms in total. The van der Waals surface area contributed by atoms with Crippen molar-refractivity contribution in [1.82, 2.24) is 9.97 Å². The number of ether oxygens (including phenoxy) is 1. The Morgan fingerprint density at radius 2 is 2.18 bits per heavy atom. The number of benzene rings is 1. The molecule has 0 unspecified atom stereocenters. The van der Waals surface area contributed by atoms with Gasteiger partial charge in [-0.3, -0.25) is 4.79 Å². The van der Waals surface area contributed by atoms with Crippen LogP contribution in [0.5, 0.6) is 5.75 Å². The van der Waals surface area contributed by atoms with Gasteiger partial charge in [0, 0.05) is 12.3 Å². The monoisotopic (exact) mass is 228 g/mol. The van der Waals surface area contributed by atoms with Crippen LogP contribution in [0.3, 0.4) is 0 Å². The Balaban J connectivity index is 2.68. The maximum absolute atomic E-state index is 11.0. The predicted octanol–water partition coefficient (Wildman–Crippen LogP) is 2.51. The molecule has 17 heavy (non-hydrogen) atoms. The molecule has 0 aliphatic carbocycles. The highest BCUT2D eigenvalue weighted by atomic mass is 16.5. The molecule has 4 heteroatoms. The van der Waals surface area contributed by atoms with Crippen LogP contribution in [0, 0.1) is 6.92 Å². The van der Waals surface area contributed by atoms with Gasteiger partial charge in [0.1, 0.15) is 12.1 Å². The van der Waals surface area contributed by atoms with Crippen molar-refractivity contribution in [1.29, 1.82) is 0 Å². The Hall–Kier alpha value is -2.23. The van der Waals surface area contributed by atoms with Crippen molar-refractivity contribution in [3.8, 4) is 5.75 Å². The number of carbonyl (C=O) groups excluding carboxylic acids is 1. The minimum absolute atomic E-state index is 0.343. The van der Waals surface area contributed by atoms with Gasteiger partial charge < -0.3 is 4.74 Å². The minimum atomic E-state index is -0.343. The van der Waals surface area contributed by atoms with Crippen LogP contribution >= 0.6 is 0 Å². The first kappa shape index (κ1) is 11.3. The molecule has 1 aromatic heterocycles. The Morgan fingerprint density at radius 3 is 2.82 bits per heavy atom. The van der Waals surface area contributed by atoms with Crippen molar-refractivity contribution in [2.45, 2.75) is 13.8 Å². The topological polar surface area (TPSA) is 52.1 Å². The second-order valence-electron chi connectivity index (χ2n) is 3.69. The normalized spacial score (nSPS) is 10.2. The first-order valence-corrected chi connectivity index (χ1v) is 5.18. The summed E-state index contributed by atoms with van der Waals surface area (Å²) < 4.78 is 5.12. The summed E-state index contributed by atoms with van der Waals surface area (Å²) >= 11 is 0. The zero-order valence-corrected chi connectivity index (χ0v) is 9.73. The van der Waals surface area contributed by atoms with Gasteiger partial charge in [-0.25, -0.2) is 9.97 Å². The molecule has 0 aliphatic heterocycles. The summed E-state index contributed by atoms with van der Waals surface area (Å²) in [4.78, 5) is 19.3. The van der Waals surface area contributed by atoms with Crippen LogP contribution in [0.4, 0.5) is 0 Å². The van der Waals surface area contributed by atoms with E-state index in [-0.39, 0.29) is 5.97 Å². The fourth-order valence-electron chi connectivity index (χ4n) is 1.64. The molecule has 0 N–H and O–H groups in total. The number of hydrogen-bond donors (Lipinski definition) is 0. The van der Waals surface area contributed by atoms with Gasteiger partial charge in [0.15, 0.2) is 0 Å². The van der Waals surface area contributed by atoms with E-state index in [2.05, 4.69) is 16.5 Å². The minimum Gasteiger partial charge on any atom is -0.426 e. The lowest BCUT2D eigenvalue weighted by Gasteiger charge is -2.08. The number of rotatable bonds is 2. The molecule has 2 aromatic rings. The predicted molar refractivity (Wildman–Crippen MR) is 65.7 cm³/mol. The molecule has 86 valence electrons. The standard InChI is InChI=1S/C13H12N2O2/c1-4-11-10-6-13(17-9(3)16)8(2)5-12(10)15-7-14-11/h4-7H,1H2,2-3H3. The third-order valence-corrected chi connectivity index (χ3v) is 2.41. The van der Waals surface area contributed by atoms with E-state index in [9.17, 15) is 4.79 Å². The molecule has 0 saturated heterocycles. The van der Waals surface area contributed by atoms with E-state index in [1.807, 2.05) is 13.0 Å².